The fourth-order valence-corrected chi connectivity index (χ4v) is 4.96. The van der Waals surface area contributed by atoms with Gasteiger partial charge in [-0.05, 0) is 63.1 Å². The molecule has 1 aliphatic heterocycles. The largest absolute Gasteiger partial charge is 0.468 e. The molecule has 2 amide bonds. The van der Waals surface area contributed by atoms with Gasteiger partial charge in [0.2, 0.25) is 0 Å². The summed E-state index contributed by atoms with van der Waals surface area (Å²) >= 11 is 0. The van der Waals surface area contributed by atoms with Crippen molar-refractivity contribution in [1.29, 1.82) is 0 Å². The summed E-state index contributed by atoms with van der Waals surface area (Å²) in [6, 6.07) is 10.5. The van der Waals surface area contributed by atoms with E-state index < -0.39 is 11.7 Å². The molecule has 0 radical (unpaired) electrons. The minimum absolute atomic E-state index is 0.0590. The zero-order valence-corrected chi connectivity index (χ0v) is 23.8. The number of methoxy groups -OCH3 is 1. The Balaban J connectivity index is 1.17. The number of anilines is 1. The third-order valence-corrected chi connectivity index (χ3v) is 7.19. The maximum absolute atomic E-state index is 14.4. The number of carbonyl (C=O) groups is 3. The van der Waals surface area contributed by atoms with Gasteiger partial charge in [-0.25, -0.2) is 4.39 Å². The molecule has 1 atom stereocenters. The summed E-state index contributed by atoms with van der Waals surface area (Å²) in [5.74, 6) is -0.830. The second-order valence-electron chi connectivity index (χ2n) is 10.1. The van der Waals surface area contributed by atoms with Crippen LogP contribution in [0.2, 0.25) is 0 Å². The standard InChI is InChI=1S/C31H32FN5O6/c1-19-9-14-42-28(19)30(39)36-24-16-21(6-7-23(24)32)43-22-8-11-33-26(17-22)25-15-20(18-35-25)29(38)34-10-4-13-37-12-3-5-27(37)31(40)41-2/h6-9,11,14-18,27,35H,3-5,10,12-13H2,1-2H3,(H,34,38)(H,36,39)/t27-/m0/s1. The molecule has 0 unspecified atom stereocenters. The van der Waals surface area contributed by atoms with E-state index in [1.165, 1.54) is 31.6 Å². The van der Waals surface area contributed by atoms with E-state index in [4.69, 9.17) is 13.9 Å². The lowest BCUT2D eigenvalue weighted by Crippen LogP contribution is -2.38. The molecule has 0 spiro atoms. The van der Waals surface area contributed by atoms with Crippen LogP contribution >= 0.6 is 0 Å². The van der Waals surface area contributed by atoms with Gasteiger partial charge in [-0.2, -0.15) is 0 Å². The van der Waals surface area contributed by atoms with Crippen LogP contribution in [0.3, 0.4) is 0 Å². The highest BCUT2D eigenvalue weighted by Crippen LogP contribution is 2.29. The first kappa shape index (κ1) is 29.5. The van der Waals surface area contributed by atoms with Gasteiger partial charge in [0, 0.05) is 43.2 Å². The van der Waals surface area contributed by atoms with Gasteiger partial charge in [0.1, 0.15) is 23.4 Å². The third-order valence-electron chi connectivity index (χ3n) is 7.19. The maximum Gasteiger partial charge on any atom is 0.323 e. The summed E-state index contributed by atoms with van der Waals surface area (Å²) in [4.78, 5) is 46.6. The van der Waals surface area contributed by atoms with Crippen LogP contribution in [0.25, 0.3) is 11.4 Å². The van der Waals surface area contributed by atoms with Gasteiger partial charge < -0.3 is 29.5 Å². The monoisotopic (exact) mass is 589 g/mol. The molecule has 4 heterocycles. The number of nitrogens with zero attached hydrogens (tertiary/aromatic N) is 2. The molecule has 1 saturated heterocycles. The number of rotatable bonds is 11. The lowest BCUT2D eigenvalue weighted by molar-refractivity contribution is -0.145. The van der Waals surface area contributed by atoms with Crippen molar-refractivity contribution in [1.82, 2.24) is 20.2 Å². The molecule has 0 saturated carbocycles. The quantitative estimate of drug-likeness (QED) is 0.166. The van der Waals surface area contributed by atoms with E-state index in [0.29, 0.717) is 53.5 Å². The number of halogens is 1. The summed E-state index contributed by atoms with van der Waals surface area (Å²) in [7, 11) is 1.40. The molecule has 11 nitrogen and oxygen atoms in total. The Morgan fingerprint density at radius 3 is 2.77 bits per heavy atom. The van der Waals surface area contributed by atoms with Crippen molar-refractivity contribution in [2.45, 2.75) is 32.2 Å². The van der Waals surface area contributed by atoms with Crippen molar-refractivity contribution in [2.75, 3.05) is 32.1 Å². The van der Waals surface area contributed by atoms with Crippen LogP contribution in [0.4, 0.5) is 10.1 Å². The second-order valence-corrected chi connectivity index (χ2v) is 10.1. The van der Waals surface area contributed by atoms with Crippen LogP contribution < -0.4 is 15.4 Å². The van der Waals surface area contributed by atoms with Crippen LogP contribution in [-0.2, 0) is 9.53 Å². The van der Waals surface area contributed by atoms with Crippen molar-refractivity contribution in [3.05, 3.63) is 83.8 Å². The minimum Gasteiger partial charge on any atom is -0.468 e. The summed E-state index contributed by atoms with van der Waals surface area (Å²) in [5, 5.41) is 5.42. The van der Waals surface area contributed by atoms with E-state index in [0.717, 1.165) is 19.4 Å². The first-order chi connectivity index (χ1) is 20.8. The van der Waals surface area contributed by atoms with E-state index in [2.05, 4.69) is 25.5 Å². The minimum atomic E-state index is -0.626. The molecule has 0 bridgehead atoms. The van der Waals surface area contributed by atoms with E-state index in [-0.39, 0.29) is 29.4 Å². The number of carbonyl (C=O) groups excluding carboxylic acids is 3. The van der Waals surface area contributed by atoms with Gasteiger partial charge in [-0.1, -0.05) is 0 Å². The molecule has 0 aliphatic carbocycles. The smallest absolute Gasteiger partial charge is 0.323 e. The number of furan rings is 1. The van der Waals surface area contributed by atoms with Crippen molar-refractivity contribution < 1.29 is 32.7 Å². The van der Waals surface area contributed by atoms with Crippen LogP contribution in [-0.4, -0.2) is 65.4 Å². The molecule has 224 valence electrons. The molecule has 1 fully saturated rings. The summed E-state index contributed by atoms with van der Waals surface area (Å²) in [6.45, 7) is 3.72. The number of likely N-dealkylation sites (tertiary alicyclic amines) is 1. The van der Waals surface area contributed by atoms with Crippen LogP contribution in [0, 0.1) is 12.7 Å². The number of pyridine rings is 1. The Kier molecular flexibility index (Phi) is 9.16. The molecule has 1 aromatic carbocycles. The highest BCUT2D eigenvalue weighted by atomic mass is 19.1. The first-order valence-corrected chi connectivity index (χ1v) is 13.9. The Bertz CT molecular complexity index is 1620. The van der Waals surface area contributed by atoms with Crippen molar-refractivity contribution in [3.63, 3.8) is 0 Å². The average molecular weight is 590 g/mol. The molecule has 3 aromatic heterocycles. The Morgan fingerprint density at radius 1 is 1.14 bits per heavy atom. The number of aromatic amines is 1. The molecule has 1 aliphatic rings. The molecular weight excluding hydrogens is 557 g/mol. The fourth-order valence-electron chi connectivity index (χ4n) is 4.96. The third kappa shape index (κ3) is 7.09. The van der Waals surface area contributed by atoms with Gasteiger partial charge in [-0.3, -0.25) is 24.3 Å². The SMILES string of the molecule is COC(=O)[C@@H]1CCCN1CCCNC(=O)c1c[nH]c(-c2cc(Oc3ccc(F)c(NC(=O)c4occc4C)c3)ccn2)c1. The van der Waals surface area contributed by atoms with Crippen molar-refractivity contribution in [2.24, 2.45) is 0 Å². The normalized spacial score (nSPS) is 14.8. The topological polar surface area (TPSA) is 139 Å². The number of H-pyrrole nitrogens is 1. The zero-order chi connectivity index (χ0) is 30.3. The van der Waals surface area contributed by atoms with Gasteiger partial charge >= 0.3 is 5.97 Å². The molecular formula is C31H32FN5O6. The molecule has 4 aromatic rings. The highest BCUT2D eigenvalue weighted by Gasteiger charge is 2.30. The average Bonchev–Trinajstić information content (AvgIpc) is 3.78. The molecule has 12 heteroatoms. The van der Waals surface area contributed by atoms with Crippen molar-refractivity contribution in [3.8, 4) is 22.9 Å². The summed E-state index contributed by atoms with van der Waals surface area (Å²) in [5.41, 5.74) is 2.16. The number of hydrogen-bond donors (Lipinski definition) is 3. The van der Waals surface area contributed by atoms with E-state index in [1.54, 1.807) is 43.6 Å². The summed E-state index contributed by atoms with van der Waals surface area (Å²) < 4.78 is 30.4. The van der Waals surface area contributed by atoms with Crippen molar-refractivity contribution >= 4 is 23.5 Å². The molecule has 43 heavy (non-hydrogen) atoms. The van der Waals surface area contributed by atoms with E-state index in [9.17, 15) is 18.8 Å². The first-order valence-electron chi connectivity index (χ1n) is 13.9. The Labute approximate surface area is 247 Å². The number of amides is 2. The maximum atomic E-state index is 14.4. The van der Waals surface area contributed by atoms with Gasteiger partial charge in [0.05, 0.1) is 36.0 Å². The van der Waals surface area contributed by atoms with Gasteiger partial charge in [0.15, 0.2) is 5.76 Å². The lowest BCUT2D eigenvalue weighted by atomic mass is 10.2. The number of aromatic nitrogens is 2. The number of aryl methyl sites for hydroxylation is 1. The summed E-state index contributed by atoms with van der Waals surface area (Å²) in [6.07, 6.45) is 6.99. The lowest BCUT2D eigenvalue weighted by Gasteiger charge is -2.22. The van der Waals surface area contributed by atoms with E-state index in [1.807, 2.05) is 0 Å². The Hall–Kier alpha value is -4.97. The predicted octanol–water partition coefficient (Wildman–Crippen LogP) is 4.92. The highest BCUT2D eigenvalue weighted by molar-refractivity contribution is 6.03. The Morgan fingerprint density at radius 2 is 1.98 bits per heavy atom. The second kappa shape index (κ2) is 13.3. The zero-order valence-electron chi connectivity index (χ0n) is 23.8. The number of benzene rings is 1. The number of esters is 1. The number of hydrogen-bond acceptors (Lipinski definition) is 8. The van der Waals surface area contributed by atoms with Crippen LogP contribution in [0.5, 0.6) is 11.5 Å². The number of nitrogens with one attached hydrogen (secondary N) is 3. The van der Waals surface area contributed by atoms with Gasteiger partial charge in [0.25, 0.3) is 11.8 Å². The van der Waals surface area contributed by atoms with E-state index >= 15 is 0 Å². The van der Waals surface area contributed by atoms with Crippen LogP contribution in [0.1, 0.15) is 45.7 Å². The molecule has 3 N–H and O–H groups in total. The number of ether oxygens (including phenoxy) is 2. The molecule has 5 rings (SSSR count). The van der Waals surface area contributed by atoms with Gasteiger partial charge in [-0.15, -0.1) is 0 Å². The van der Waals surface area contributed by atoms with Crippen LogP contribution in [0.15, 0.2) is 65.5 Å². The fraction of sp³-hybridized carbons (Fsp3) is 0.290. The predicted molar refractivity (Wildman–Crippen MR) is 155 cm³/mol.